The molecule has 2 aliphatic rings. The lowest BCUT2D eigenvalue weighted by Gasteiger charge is -2.36. The number of amides is 2. The van der Waals surface area contributed by atoms with E-state index in [4.69, 9.17) is 35.4 Å². The molecule has 0 atom stereocenters. The van der Waals surface area contributed by atoms with Crippen molar-refractivity contribution in [3.63, 3.8) is 0 Å². The Kier molecular flexibility index (Phi) is 4.78. The standard InChI is InChI=1S/C21H16Cl2N2O2S/c1-3-24-19(26)18(20(27)25(4-2)21(24)28)17-13-8-6-5-7-12(13)16-14(17)9-11(22)10-15(16)23/h5-10H,3-4H2,1-2H3. The maximum absolute atomic E-state index is 13.3. The molecule has 2 amide bonds. The third-order valence-corrected chi connectivity index (χ3v) is 6.01. The number of hydrogen-bond donors (Lipinski definition) is 0. The van der Waals surface area contributed by atoms with Crippen LogP contribution in [0.2, 0.25) is 10.0 Å². The predicted octanol–water partition coefficient (Wildman–Crippen LogP) is 4.77. The molecular formula is C21H16Cl2N2O2S. The zero-order valence-corrected chi connectivity index (χ0v) is 17.6. The molecule has 0 bridgehead atoms. The van der Waals surface area contributed by atoms with Gasteiger partial charge in [0, 0.05) is 29.2 Å². The van der Waals surface area contributed by atoms with Gasteiger partial charge in [-0.15, -0.1) is 0 Å². The van der Waals surface area contributed by atoms with E-state index in [0.717, 1.165) is 16.7 Å². The maximum Gasteiger partial charge on any atom is 0.266 e. The molecule has 1 saturated heterocycles. The Labute approximate surface area is 178 Å². The smallest absolute Gasteiger partial charge is 0.266 e. The van der Waals surface area contributed by atoms with Crippen LogP contribution < -0.4 is 0 Å². The van der Waals surface area contributed by atoms with Crippen LogP contribution >= 0.6 is 35.4 Å². The molecule has 2 aromatic rings. The van der Waals surface area contributed by atoms with Gasteiger partial charge >= 0.3 is 0 Å². The number of likely N-dealkylation sites (N-methyl/N-ethyl adjacent to an activating group) is 2. The van der Waals surface area contributed by atoms with Gasteiger partial charge in [0.15, 0.2) is 5.11 Å². The minimum atomic E-state index is -0.393. The zero-order valence-electron chi connectivity index (χ0n) is 15.3. The average molecular weight is 431 g/mol. The lowest BCUT2D eigenvalue weighted by atomic mass is 9.95. The summed E-state index contributed by atoms with van der Waals surface area (Å²) in [6.45, 7) is 4.42. The fourth-order valence-electron chi connectivity index (χ4n) is 3.83. The molecule has 0 spiro atoms. The molecule has 142 valence electrons. The van der Waals surface area contributed by atoms with Crippen molar-refractivity contribution < 1.29 is 9.59 Å². The normalized spacial score (nSPS) is 16.1. The van der Waals surface area contributed by atoms with Crippen molar-refractivity contribution in [3.8, 4) is 11.1 Å². The molecule has 0 unspecified atom stereocenters. The average Bonchev–Trinajstić information content (AvgIpc) is 2.97. The molecule has 7 heteroatoms. The van der Waals surface area contributed by atoms with Gasteiger partial charge in [-0.1, -0.05) is 47.5 Å². The number of carbonyl (C=O) groups is 2. The van der Waals surface area contributed by atoms with E-state index in [1.54, 1.807) is 12.1 Å². The van der Waals surface area contributed by atoms with Gasteiger partial charge < -0.3 is 0 Å². The van der Waals surface area contributed by atoms with Crippen molar-refractivity contribution >= 4 is 57.9 Å². The summed E-state index contributed by atoms with van der Waals surface area (Å²) >= 11 is 18.1. The van der Waals surface area contributed by atoms with Crippen LogP contribution in [0.15, 0.2) is 42.0 Å². The van der Waals surface area contributed by atoms with Crippen LogP contribution in [-0.2, 0) is 9.59 Å². The van der Waals surface area contributed by atoms with E-state index in [0.29, 0.717) is 34.3 Å². The van der Waals surface area contributed by atoms with E-state index in [-0.39, 0.29) is 10.7 Å². The highest BCUT2D eigenvalue weighted by Crippen LogP contribution is 2.50. The van der Waals surface area contributed by atoms with Gasteiger partial charge in [0.25, 0.3) is 11.8 Å². The fourth-order valence-corrected chi connectivity index (χ4v) is 4.85. The maximum atomic E-state index is 13.3. The van der Waals surface area contributed by atoms with Crippen LogP contribution in [0.25, 0.3) is 16.7 Å². The van der Waals surface area contributed by atoms with Crippen LogP contribution in [-0.4, -0.2) is 39.8 Å². The van der Waals surface area contributed by atoms with Crippen molar-refractivity contribution in [1.82, 2.24) is 9.80 Å². The monoisotopic (exact) mass is 430 g/mol. The minimum absolute atomic E-state index is 0.0989. The summed E-state index contributed by atoms with van der Waals surface area (Å²) in [6, 6.07) is 11.0. The first-order chi connectivity index (χ1) is 13.4. The molecule has 2 aromatic carbocycles. The van der Waals surface area contributed by atoms with E-state index in [9.17, 15) is 9.59 Å². The van der Waals surface area contributed by atoms with Crippen molar-refractivity contribution in [1.29, 1.82) is 0 Å². The molecule has 1 fully saturated rings. The highest BCUT2D eigenvalue weighted by molar-refractivity contribution is 7.80. The van der Waals surface area contributed by atoms with Gasteiger partial charge in [-0.25, -0.2) is 0 Å². The van der Waals surface area contributed by atoms with Crippen LogP contribution in [0.4, 0.5) is 0 Å². The summed E-state index contributed by atoms with van der Waals surface area (Å²) in [5.41, 5.74) is 3.80. The molecule has 4 rings (SSSR count). The fraction of sp³-hybridized carbons (Fsp3) is 0.190. The first-order valence-electron chi connectivity index (χ1n) is 8.91. The number of hydrogen-bond acceptors (Lipinski definition) is 3. The Morgan fingerprint density at radius 2 is 1.43 bits per heavy atom. The van der Waals surface area contributed by atoms with Crippen LogP contribution in [0.5, 0.6) is 0 Å². The predicted molar refractivity (Wildman–Crippen MR) is 115 cm³/mol. The van der Waals surface area contributed by atoms with Crippen LogP contribution in [0.1, 0.15) is 25.0 Å². The number of carbonyl (C=O) groups excluding carboxylic acids is 2. The van der Waals surface area contributed by atoms with E-state index in [1.165, 1.54) is 9.80 Å². The largest absolute Gasteiger partial charge is 0.285 e. The van der Waals surface area contributed by atoms with Crippen molar-refractivity contribution in [2.24, 2.45) is 0 Å². The first kappa shape index (κ1) is 19.1. The third-order valence-electron chi connectivity index (χ3n) is 5.05. The molecule has 4 nitrogen and oxygen atoms in total. The summed E-state index contributed by atoms with van der Waals surface area (Å²) in [4.78, 5) is 29.5. The van der Waals surface area contributed by atoms with Gasteiger partial charge in [-0.3, -0.25) is 19.4 Å². The summed E-state index contributed by atoms with van der Waals surface area (Å²) in [5, 5.41) is 1.16. The summed E-state index contributed by atoms with van der Waals surface area (Å²) in [6.07, 6.45) is 0. The Morgan fingerprint density at radius 1 is 0.857 bits per heavy atom. The van der Waals surface area contributed by atoms with E-state index < -0.39 is 11.8 Å². The third kappa shape index (κ3) is 2.61. The van der Waals surface area contributed by atoms with Gasteiger partial charge in [0.2, 0.25) is 0 Å². The van der Waals surface area contributed by atoms with E-state index in [2.05, 4.69) is 0 Å². The Bertz CT molecular complexity index is 1070. The SMILES string of the molecule is CCN1C(=O)C(=C2c3ccccc3-c3c(Cl)cc(Cl)cc32)C(=O)N(CC)C1=S. The van der Waals surface area contributed by atoms with Gasteiger partial charge in [-0.05, 0) is 54.9 Å². The first-order valence-corrected chi connectivity index (χ1v) is 10.1. The van der Waals surface area contributed by atoms with Gasteiger partial charge in [0.1, 0.15) is 5.57 Å². The molecule has 1 aliphatic carbocycles. The van der Waals surface area contributed by atoms with Crippen molar-refractivity contribution in [2.75, 3.05) is 13.1 Å². The van der Waals surface area contributed by atoms with Gasteiger partial charge in [0.05, 0.1) is 5.02 Å². The molecule has 28 heavy (non-hydrogen) atoms. The topological polar surface area (TPSA) is 40.6 Å². The lowest BCUT2D eigenvalue weighted by molar-refractivity contribution is -0.133. The highest BCUT2D eigenvalue weighted by atomic mass is 35.5. The Balaban J connectivity index is 2.10. The zero-order chi connectivity index (χ0) is 20.2. The lowest BCUT2D eigenvalue weighted by Crippen LogP contribution is -2.56. The molecular weight excluding hydrogens is 415 g/mol. The number of rotatable bonds is 2. The number of thiocarbonyl (C=S) groups is 1. The van der Waals surface area contributed by atoms with Crippen LogP contribution in [0, 0.1) is 0 Å². The number of nitrogens with zero attached hydrogens (tertiary/aromatic N) is 2. The Hall–Kier alpha value is -2.21. The summed E-state index contributed by atoms with van der Waals surface area (Å²) in [5.74, 6) is -0.785. The minimum Gasteiger partial charge on any atom is -0.285 e. The highest BCUT2D eigenvalue weighted by Gasteiger charge is 2.42. The number of halogens is 2. The quantitative estimate of drug-likeness (QED) is 0.334. The molecule has 1 heterocycles. The molecule has 0 radical (unpaired) electrons. The summed E-state index contributed by atoms with van der Waals surface area (Å²) in [7, 11) is 0. The summed E-state index contributed by atoms with van der Waals surface area (Å²) < 4.78 is 0. The molecule has 0 aromatic heterocycles. The van der Waals surface area contributed by atoms with E-state index >= 15 is 0 Å². The molecule has 1 aliphatic heterocycles. The van der Waals surface area contributed by atoms with Gasteiger partial charge in [-0.2, -0.15) is 0 Å². The second kappa shape index (κ2) is 6.99. The Morgan fingerprint density at radius 3 is 2.00 bits per heavy atom. The van der Waals surface area contributed by atoms with Crippen LogP contribution in [0.3, 0.4) is 0 Å². The molecule has 0 saturated carbocycles. The molecule has 0 N–H and O–H groups in total. The number of benzene rings is 2. The van der Waals surface area contributed by atoms with Crippen molar-refractivity contribution in [2.45, 2.75) is 13.8 Å². The second-order valence-electron chi connectivity index (χ2n) is 6.49. The second-order valence-corrected chi connectivity index (χ2v) is 7.70. The number of fused-ring (bicyclic) bond motifs is 3. The van der Waals surface area contributed by atoms with Crippen molar-refractivity contribution in [3.05, 3.63) is 63.1 Å². The van der Waals surface area contributed by atoms with E-state index in [1.807, 2.05) is 38.1 Å².